The molecule has 1 heterocycles. The van der Waals surface area contributed by atoms with Gasteiger partial charge < -0.3 is 0 Å². The summed E-state index contributed by atoms with van der Waals surface area (Å²) in [7, 11) is 1.76. The molecule has 17 heavy (non-hydrogen) atoms. The van der Waals surface area contributed by atoms with E-state index < -0.39 is 11.3 Å². The predicted octanol–water partition coefficient (Wildman–Crippen LogP) is 2.69. The van der Waals surface area contributed by atoms with Gasteiger partial charge in [-0.3, -0.25) is 9.80 Å². The van der Waals surface area contributed by atoms with Gasteiger partial charge in [-0.1, -0.05) is 6.92 Å². The number of alkyl halides is 2. The van der Waals surface area contributed by atoms with E-state index in [9.17, 15) is 8.78 Å². The Morgan fingerprint density at radius 2 is 1.71 bits per heavy atom. The van der Waals surface area contributed by atoms with E-state index in [1.165, 1.54) is 0 Å². The first kappa shape index (κ1) is 14.8. The van der Waals surface area contributed by atoms with Gasteiger partial charge in [-0.2, -0.15) is 0 Å². The Bertz CT molecular complexity index is 258. The predicted molar refractivity (Wildman–Crippen MR) is 67.5 cm³/mol. The van der Waals surface area contributed by atoms with E-state index in [0.717, 1.165) is 0 Å². The fraction of sp³-hybridized carbons (Fsp3) is 1.00. The molecule has 0 aliphatic carbocycles. The smallest absolute Gasteiger partial charge is 0.268 e. The van der Waals surface area contributed by atoms with E-state index in [4.69, 9.17) is 0 Å². The van der Waals surface area contributed by atoms with Gasteiger partial charge in [0.1, 0.15) is 0 Å². The van der Waals surface area contributed by atoms with E-state index in [2.05, 4.69) is 18.7 Å². The number of likely N-dealkylation sites (tertiary alicyclic amines) is 1. The molecule has 1 fully saturated rings. The number of hydrogen-bond acceptors (Lipinski definition) is 2. The third-order valence-electron chi connectivity index (χ3n) is 4.05. The second kappa shape index (κ2) is 4.81. The normalized spacial score (nSPS) is 21.4. The summed E-state index contributed by atoms with van der Waals surface area (Å²) in [5, 5.41) is 0. The Balaban J connectivity index is 2.59. The van der Waals surface area contributed by atoms with E-state index in [1.807, 2.05) is 13.8 Å². The minimum Gasteiger partial charge on any atom is -0.299 e. The minimum atomic E-state index is -2.61. The van der Waals surface area contributed by atoms with Crippen molar-refractivity contribution in [1.29, 1.82) is 0 Å². The Hall–Kier alpha value is -0.220. The summed E-state index contributed by atoms with van der Waals surface area (Å²) in [5.74, 6) is -2.61. The van der Waals surface area contributed by atoms with Crippen LogP contribution >= 0.6 is 0 Å². The van der Waals surface area contributed by atoms with Crippen molar-refractivity contribution >= 4 is 0 Å². The zero-order chi connectivity index (χ0) is 13.4. The van der Waals surface area contributed by atoms with Gasteiger partial charge in [0.25, 0.3) is 5.92 Å². The van der Waals surface area contributed by atoms with Crippen molar-refractivity contribution < 1.29 is 8.78 Å². The molecule has 0 bridgehead atoms. The molecule has 0 amide bonds. The third-order valence-corrected chi connectivity index (χ3v) is 4.05. The molecule has 1 aliphatic rings. The molecule has 0 unspecified atom stereocenters. The largest absolute Gasteiger partial charge is 0.299 e. The highest BCUT2D eigenvalue weighted by Gasteiger charge is 2.57. The zero-order valence-corrected chi connectivity index (χ0v) is 11.9. The topological polar surface area (TPSA) is 6.48 Å². The lowest BCUT2D eigenvalue weighted by Gasteiger charge is -2.54. The molecule has 0 aromatic rings. The first-order chi connectivity index (χ1) is 7.59. The van der Waals surface area contributed by atoms with E-state index in [0.29, 0.717) is 19.1 Å². The lowest BCUT2D eigenvalue weighted by Crippen LogP contribution is -2.66. The van der Waals surface area contributed by atoms with Crippen molar-refractivity contribution in [2.45, 2.75) is 52.6 Å². The van der Waals surface area contributed by atoms with Crippen molar-refractivity contribution in [2.24, 2.45) is 5.41 Å². The van der Waals surface area contributed by atoms with Crippen LogP contribution in [0.1, 0.15) is 34.6 Å². The lowest BCUT2D eigenvalue weighted by molar-refractivity contribution is -0.196. The van der Waals surface area contributed by atoms with Gasteiger partial charge in [0.15, 0.2) is 0 Å². The Labute approximate surface area is 104 Å². The Kier molecular flexibility index (Phi) is 4.20. The SMILES string of the molecule is CC(C)N(C)CC(F)(F)C1(C)CN(C(C)C)C1. The monoisotopic (exact) mass is 248 g/mol. The summed E-state index contributed by atoms with van der Waals surface area (Å²) in [5.41, 5.74) is -0.861. The molecule has 0 atom stereocenters. The molecule has 4 heteroatoms. The average molecular weight is 248 g/mol. The maximum Gasteiger partial charge on any atom is 0.268 e. The van der Waals surface area contributed by atoms with E-state index in [-0.39, 0.29) is 12.6 Å². The zero-order valence-electron chi connectivity index (χ0n) is 11.9. The summed E-state index contributed by atoms with van der Waals surface area (Å²) < 4.78 is 28.5. The van der Waals surface area contributed by atoms with Gasteiger partial charge in [-0.05, 0) is 34.7 Å². The molecule has 0 aromatic heterocycles. The van der Waals surface area contributed by atoms with Gasteiger partial charge in [-0.25, -0.2) is 8.78 Å². The summed E-state index contributed by atoms with van der Waals surface area (Å²) in [4.78, 5) is 3.83. The second-order valence-corrected chi connectivity index (χ2v) is 6.27. The van der Waals surface area contributed by atoms with Gasteiger partial charge in [-0.15, -0.1) is 0 Å². The standard InChI is InChI=1S/C13H26F2N2/c1-10(2)16(6)9-13(14,15)12(5)7-17(8-12)11(3)4/h10-11H,7-9H2,1-6H3. The van der Waals surface area contributed by atoms with Gasteiger partial charge in [0.2, 0.25) is 0 Å². The molecule has 0 aromatic carbocycles. The van der Waals surface area contributed by atoms with Crippen LogP contribution in [-0.4, -0.2) is 54.5 Å². The van der Waals surface area contributed by atoms with Crippen molar-refractivity contribution in [3.8, 4) is 0 Å². The molecular formula is C13H26F2N2. The van der Waals surface area contributed by atoms with Crippen molar-refractivity contribution in [1.82, 2.24) is 9.80 Å². The average Bonchev–Trinajstić information content (AvgIpc) is 2.11. The maximum atomic E-state index is 14.2. The fourth-order valence-electron chi connectivity index (χ4n) is 2.13. The maximum absolute atomic E-state index is 14.2. The number of hydrogen-bond donors (Lipinski definition) is 0. The molecule has 1 saturated heterocycles. The van der Waals surface area contributed by atoms with E-state index in [1.54, 1.807) is 18.9 Å². The van der Waals surface area contributed by atoms with Gasteiger partial charge >= 0.3 is 0 Å². The molecule has 1 rings (SSSR count). The van der Waals surface area contributed by atoms with Crippen LogP contribution in [0.2, 0.25) is 0 Å². The molecule has 0 saturated carbocycles. The van der Waals surface area contributed by atoms with Crippen LogP contribution in [0.5, 0.6) is 0 Å². The van der Waals surface area contributed by atoms with E-state index >= 15 is 0 Å². The first-order valence-electron chi connectivity index (χ1n) is 6.41. The van der Waals surface area contributed by atoms with Crippen molar-refractivity contribution in [3.63, 3.8) is 0 Å². The molecule has 102 valence electrons. The number of halogens is 2. The summed E-state index contributed by atoms with van der Waals surface area (Å²) in [6.45, 7) is 10.6. The quantitative estimate of drug-likeness (QED) is 0.738. The molecule has 1 aliphatic heterocycles. The first-order valence-corrected chi connectivity index (χ1v) is 6.41. The Morgan fingerprint density at radius 3 is 2.06 bits per heavy atom. The van der Waals surface area contributed by atoms with Crippen LogP contribution in [0, 0.1) is 5.41 Å². The highest BCUT2D eigenvalue weighted by Crippen LogP contribution is 2.45. The summed E-state index contributed by atoms with van der Waals surface area (Å²) in [6, 6.07) is 0.521. The molecular weight excluding hydrogens is 222 g/mol. The highest BCUT2D eigenvalue weighted by molar-refractivity contribution is 5.03. The molecule has 0 N–H and O–H groups in total. The van der Waals surface area contributed by atoms with Crippen LogP contribution in [0.15, 0.2) is 0 Å². The Morgan fingerprint density at radius 1 is 1.24 bits per heavy atom. The van der Waals surface area contributed by atoms with Crippen molar-refractivity contribution in [2.75, 3.05) is 26.7 Å². The third kappa shape index (κ3) is 2.97. The highest BCUT2D eigenvalue weighted by atomic mass is 19.3. The van der Waals surface area contributed by atoms with Crippen LogP contribution in [-0.2, 0) is 0 Å². The van der Waals surface area contributed by atoms with Crippen LogP contribution in [0.25, 0.3) is 0 Å². The second-order valence-electron chi connectivity index (χ2n) is 6.27. The fourth-order valence-corrected chi connectivity index (χ4v) is 2.13. The number of nitrogens with zero attached hydrogens (tertiary/aromatic N) is 2. The van der Waals surface area contributed by atoms with Gasteiger partial charge in [0.05, 0.1) is 12.0 Å². The van der Waals surface area contributed by atoms with Crippen LogP contribution in [0.4, 0.5) is 8.78 Å². The minimum absolute atomic E-state index is 0.146. The molecule has 0 spiro atoms. The van der Waals surface area contributed by atoms with Crippen LogP contribution in [0.3, 0.4) is 0 Å². The summed E-state index contributed by atoms with van der Waals surface area (Å²) in [6.07, 6.45) is 0. The van der Waals surface area contributed by atoms with Gasteiger partial charge in [0, 0.05) is 25.2 Å². The lowest BCUT2D eigenvalue weighted by atomic mass is 9.75. The summed E-state index contributed by atoms with van der Waals surface area (Å²) >= 11 is 0. The molecule has 0 radical (unpaired) electrons. The molecule has 2 nitrogen and oxygen atoms in total. The van der Waals surface area contributed by atoms with Crippen LogP contribution < -0.4 is 0 Å². The number of rotatable bonds is 5. The van der Waals surface area contributed by atoms with Crippen molar-refractivity contribution in [3.05, 3.63) is 0 Å².